The first-order valence-electron chi connectivity index (χ1n) is 7.85. The maximum atomic E-state index is 12.9. The molecule has 1 aromatic rings. The van der Waals surface area contributed by atoms with Gasteiger partial charge in [-0.3, -0.25) is 4.79 Å². The van der Waals surface area contributed by atoms with Gasteiger partial charge in [0.15, 0.2) is 0 Å². The molecular formula is C17H26N2O3. The van der Waals surface area contributed by atoms with Gasteiger partial charge in [-0.2, -0.15) is 0 Å². The van der Waals surface area contributed by atoms with Gasteiger partial charge in [0.1, 0.15) is 11.4 Å². The Morgan fingerprint density at radius 3 is 2.64 bits per heavy atom. The van der Waals surface area contributed by atoms with Gasteiger partial charge in [-0.25, -0.2) is 0 Å². The monoisotopic (exact) mass is 306 g/mol. The summed E-state index contributed by atoms with van der Waals surface area (Å²) in [6.07, 6.45) is 1.42. The van der Waals surface area contributed by atoms with Crippen LogP contribution in [0.4, 0.5) is 0 Å². The molecule has 1 N–H and O–H groups in total. The number of methoxy groups -OCH3 is 1. The van der Waals surface area contributed by atoms with E-state index in [1.807, 2.05) is 38.2 Å². The van der Waals surface area contributed by atoms with Crippen LogP contribution in [0.2, 0.25) is 0 Å². The molecule has 0 unspecified atom stereocenters. The Kier molecular flexibility index (Phi) is 5.80. The number of para-hydroxylation sites is 1. The summed E-state index contributed by atoms with van der Waals surface area (Å²) in [5.74, 6) is 0.879. The van der Waals surface area contributed by atoms with Crippen molar-refractivity contribution in [3.63, 3.8) is 0 Å². The summed E-state index contributed by atoms with van der Waals surface area (Å²) in [4.78, 5) is 14.6. The number of benzene rings is 1. The Bertz CT molecular complexity index is 498. The first kappa shape index (κ1) is 16.8. The summed E-state index contributed by atoms with van der Waals surface area (Å²) < 4.78 is 11.3. The lowest BCUT2D eigenvalue weighted by Gasteiger charge is -2.37. The van der Waals surface area contributed by atoms with E-state index < -0.39 is 5.60 Å². The third-order valence-corrected chi connectivity index (χ3v) is 4.22. The predicted molar refractivity (Wildman–Crippen MR) is 85.9 cm³/mol. The largest absolute Gasteiger partial charge is 0.494 e. The molecule has 0 aromatic heterocycles. The molecule has 0 bridgehead atoms. The van der Waals surface area contributed by atoms with Crippen molar-refractivity contribution in [3.8, 4) is 5.75 Å². The highest BCUT2D eigenvalue weighted by Gasteiger charge is 2.41. The number of ether oxygens (including phenoxy) is 2. The van der Waals surface area contributed by atoms with Gasteiger partial charge in [0, 0.05) is 26.3 Å². The van der Waals surface area contributed by atoms with Crippen LogP contribution in [0, 0.1) is 0 Å². The summed E-state index contributed by atoms with van der Waals surface area (Å²) >= 11 is 0. The fourth-order valence-electron chi connectivity index (χ4n) is 2.94. The van der Waals surface area contributed by atoms with Crippen LogP contribution in [0.15, 0.2) is 24.3 Å². The second-order valence-electron chi connectivity index (χ2n) is 5.65. The van der Waals surface area contributed by atoms with Gasteiger partial charge >= 0.3 is 0 Å². The van der Waals surface area contributed by atoms with Crippen LogP contribution in [0.1, 0.15) is 25.3 Å². The van der Waals surface area contributed by atoms with E-state index in [-0.39, 0.29) is 5.91 Å². The highest BCUT2D eigenvalue weighted by atomic mass is 16.5. The van der Waals surface area contributed by atoms with Gasteiger partial charge in [-0.05, 0) is 38.9 Å². The zero-order valence-corrected chi connectivity index (χ0v) is 13.7. The molecule has 1 aliphatic rings. The number of nitrogens with zero attached hydrogens (tertiary/aromatic N) is 1. The number of amides is 1. The molecule has 0 atom stereocenters. The number of hydrogen-bond donors (Lipinski definition) is 1. The molecule has 22 heavy (non-hydrogen) atoms. The quantitative estimate of drug-likeness (QED) is 0.871. The second-order valence-corrected chi connectivity index (χ2v) is 5.65. The molecule has 5 nitrogen and oxygen atoms in total. The van der Waals surface area contributed by atoms with Crippen molar-refractivity contribution in [1.29, 1.82) is 0 Å². The van der Waals surface area contributed by atoms with Crippen molar-refractivity contribution in [1.82, 2.24) is 10.2 Å². The minimum Gasteiger partial charge on any atom is -0.494 e. The third kappa shape index (κ3) is 3.59. The molecule has 0 spiro atoms. The molecule has 2 rings (SSSR count). The minimum atomic E-state index is -0.694. The van der Waals surface area contributed by atoms with Crippen LogP contribution in [0.5, 0.6) is 5.75 Å². The summed E-state index contributed by atoms with van der Waals surface area (Å²) in [5, 5.41) is 3.27. The predicted octanol–water partition coefficient (Wildman–Crippen LogP) is 1.81. The number of rotatable bonds is 6. The van der Waals surface area contributed by atoms with Crippen molar-refractivity contribution in [2.45, 2.75) is 31.9 Å². The van der Waals surface area contributed by atoms with Crippen LogP contribution in [-0.2, 0) is 16.1 Å². The lowest BCUT2D eigenvalue weighted by molar-refractivity contribution is -0.157. The zero-order valence-electron chi connectivity index (χ0n) is 13.7. The molecule has 0 saturated carbocycles. The third-order valence-electron chi connectivity index (χ3n) is 4.22. The summed E-state index contributed by atoms with van der Waals surface area (Å²) in [7, 11) is 3.46. The number of likely N-dealkylation sites (N-methyl/N-ethyl adjacent to an activating group) is 1. The molecule has 1 saturated heterocycles. The Hall–Kier alpha value is -1.59. The van der Waals surface area contributed by atoms with E-state index in [0.29, 0.717) is 26.0 Å². The first-order valence-corrected chi connectivity index (χ1v) is 7.85. The molecule has 1 aliphatic heterocycles. The molecule has 0 aliphatic carbocycles. The summed E-state index contributed by atoms with van der Waals surface area (Å²) in [5.41, 5.74) is 0.320. The highest BCUT2D eigenvalue weighted by molar-refractivity contribution is 5.85. The van der Waals surface area contributed by atoms with Crippen LogP contribution in [0.25, 0.3) is 0 Å². The topological polar surface area (TPSA) is 50.8 Å². The van der Waals surface area contributed by atoms with Crippen LogP contribution in [-0.4, -0.2) is 50.3 Å². The Labute approximate surface area is 132 Å². The number of carbonyl (C=O) groups excluding carboxylic acids is 1. The van der Waals surface area contributed by atoms with E-state index in [9.17, 15) is 4.79 Å². The average Bonchev–Trinajstić information content (AvgIpc) is 2.56. The molecule has 1 aromatic carbocycles. The van der Waals surface area contributed by atoms with Gasteiger partial charge < -0.3 is 19.7 Å². The van der Waals surface area contributed by atoms with Crippen molar-refractivity contribution in [2.75, 3.05) is 33.9 Å². The van der Waals surface area contributed by atoms with E-state index in [4.69, 9.17) is 9.47 Å². The SMILES string of the molecule is CCOc1ccccc1CN(C)C(=O)C1(OC)CCNCC1. The molecule has 1 heterocycles. The first-order chi connectivity index (χ1) is 10.6. The maximum absolute atomic E-state index is 12.9. The van der Waals surface area contributed by atoms with Crippen molar-refractivity contribution >= 4 is 5.91 Å². The Morgan fingerprint density at radius 2 is 2.00 bits per heavy atom. The van der Waals surface area contributed by atoms with Gasteiger partial charge in [0.25, 0.3) is 5.91 Å². The molecule has 1 amide bonds. The van der Waals surface area contributed by atoms with Crippen LogP contribution < -0.4 is 10.1 Å². The lowest BCUT2D eigenvalue weighted by atomic mass is 9.90. The minimum absolute atomic E-state index is 0.0443. The smallest absolute Gasteiger partial charge is 0.254 e. The number of hydrogen-bond acceptors (Lipinski definition) is 4. The molecule has 0 radical (unpaired) electrons. The van der Waals surface area contributed by atoms with Crippen LogP contribution in [0.3, 0.4) is 0 Å². The molecule has 5 heteroatoms. The summed E-state index contributed by atoms with van der Waals surface area (Å²) in [6, 6.07) is 7.84. The molecular weight excluding hydrogens is 280 g/mol. The van der Waals surface area contributed by atoms with Gasteiger partial charge in [0.05, 0.1) is 6.61 Å². The van der Waals surface area contributed by atoms with E-state index in [1.165, 1.54) is 0 Å². The van der Waals surface area contributed by atoms with Crippen molar-refractivity contribution in [2.24, 2.45) is 0 Å². The van der Waals surface area contributed by atoms with Gasteiger partial charge in [-0.1, -0.05) is 18.2 Å². The maximum Gasteiger partial charge on any atom is 0.254 e. The van der Waals surface area contributed by atoms with Gasteiger partial charge in [0.2, 0.25) is 0 Å². The standard InChI is InChI=1S/C17H26N2O3/c1-4-22-15-8-6-5-7-14(15)13-19(2)16(20)17(21-3)9-11-18-12-10-17/h5-8,18H,4,9-13H2,1-3H3. The van der Waals surface area contributed by atoms with E-state index in [2.05, 4.69) is 5.32 Å². The van der Waals surface area contributed by atoms with E-state index >= 15 is 0 Å². The lowest BCUT2D eigenvalue weighted by Crippen LogP contribution is -2.54. The second kappa shape index (κ2) is 7.61. The Morgan fingerprint density at radius 1 is 1.32 bits per heavy atom. The van der Waals surface area contributed by atoms with E-state index in [0.717, 1.165) is 24.4 Å². The van der Waals surface area contributed by atoms with Crippen LogP contribution >= 0.6 is 0 Å². The van der Waals surface area contributed by atoms with Crippen molar-refractivity contribution < 1.29 is 14.3 Å². The normalized spacial score (nSPS) is 17.0. The Balaban J connectivity index is 2.11. The average molecular weight is 306 g/mol. The van der Waals surface area contributed by atoms with Gasteiger partial charge in [-0.15, -0.1) is 0 Å². The highest BCUT2D eigenvalue weighted by Crippen LogP contribution is 2.27. The van der Waals surface area contributed by atoms with Crippen molar-refractivity contribution in [3.05, 3.63) is 29.8 Å². The fraction of sp³-hybridized carbons (Fsp3) is 0.588. The number of nitrogens with one attached hydrogen (secondary N) is 1. The van der Waals surface area contributed by atoms with E-state index in [1.54, 1.807) is 12.0 Å². The number of piperidine rings is 1. The summed E-state index contributed by atoms with van der Waals surface area (Å²) in [6.45, 7) is 4.71. The number of carbonyl (C=O) groups is 1. The molecule has 1 fully saturated rings. The molecule has 122 valence electrons. The zero-order chi connectivity index (χ0) is 16.0. The fourth-order valence-corrected chi connectivity index (χ4v) is 2.94.